The van der Waals surface area contributed by atoms with E-state index in [4.69, 9.17) is 23.7 Å². The number of rotatable bonds is 10. The normalized spacial score (nSPS) is 24.6. The Bertz CT molecular complexity index is 1530. The van der Waals surface area contributed by atoms with Crippen molar-refractivity contribution in [1.29, 1.82) is 0 Å². The summed E-state index contributed by atoms with van der Waals surface area (Å²) in [5.74, 6) is -1.80. The van der Waals surface area contributed by atoms with Crippen LogP contribution in [0.1, 0.15) is 43.7 Å². The van der Waals surface area contributed by atoms with E-state index < -0.39 is 48.8 Å². The fraction of sp³-hybridized carbons (Fsp3) is 0.257. The number of carboxylic acid groups (broad SMARTS) is 1. The van der Waals surface area contributed by atoms with Crippen molar-refractivity contribution in [2.45, 2.75) is 50.1 Å². The third-order valence-corrected chi connectivity index (χ3v) is 7.65. The van der Waals surface area contributed by atoms with Gasteiger partial charge in [0.05, 0.1) is 30.9 Å². The summed E-state index contributed by atoms with van der Waals surface area (Å²) in [7, 11) is 0. The molecular formula is C35H33NO8. The van der Waals surface area contributed by atoms with E-state index in [1.807, 2.05) is 91.0 Å². The molecule has 0 saturated carbocycles. The Labute approximate surface area is 255 Å². The average Bonchev–Trinajstić information content (AvgIpc) is 3.08. The molecule has 2 heterocycles. The monoisotopic (exact) mass is 595 g/mol. The molecule has 2 fully saturated rings. The van der Waals surface area contributed by atoms with Gasteiger partial charge in [-0.15, -0.1) is 0 Å². The van der Waals surface area contributed by atoms with Crippen LogP contribution in [-0.4, -0.2) is 54.2 Å². The Balaban J connectivity index is 1.33. The highest BCUT2D eigenvalue weighted by Crippen LogP contribution is 2.36. The highest BCUT2D eigenvalue weighted by Gasteiger charge is 2.52. The van der Waals surface area contributed by atoms with E-state index in [0.29, 0.717) is 0 Å². The van der Waals surface area contributed by atoms with Crippen molar-refractivity contribution in [2.75, 3.05) is 6.61 Å². The molecule has 0 radical (unpaired) electrons. The van der Waals surface area contributed by atoms with Gasteiger partial charge in [-0.05, 0) is 23.3 Å². The van der Waals surface area contributed by atoms with Crippen LogP contribution < -0.4 is 5.32 Å². The molecule has 2 aliphatic heterocycles. The first-order valence-electron chi connectivity index (χ1n) is 14.5. The van der Waals surface area contributed by atoms with Gasteiger partial charge in [-0.3, -0.25) is 4.79 Å². The number of fused-ring (bicyclic) bond motifs is 1. The zero-order chi connectivity index (χ0) is 30.3. The van der Waals surface area contributed by atoms with Gasteiger partial charge in [0, 0.05) is 5.56 Å². The number of carboxylic acids is 1. The smallest absolute Gasteiger partial charge is 0.336 e. The Kier molecular flexibility index (Phi) is 9.40. The Morgan fingerprint density at radius 3 is 1.93 bits per heavy atom. The van der Waals surface area contributed by atoms with Crippen LogP contribution in [-0.2, 0) is 36.9 Å². The molecule has 0 spiro atoms. The second-order valence-corrected chi connectivity index (χ2v) is 10.6. The van der Waals surface area contributed by atoms with Crippen molar-refractivity contribution in [3.05, 3.63) is 143 Å². The molecule has 1 amide bonds. The van der Waals surface area contributed by atoms with Crippen molar-refractivity contribution in [3.63, 3.8) is 0 Å². The lowest BCUT2D eigenvalue weighted by molar-refractivity contribution is -0.350. The fourth-order valence-corrected chi connectivity index (χ4v) is 5.46. The van der Waals surface area contributed by atoms with Gasteiger partial charge in [0.15, 0.2) is 12.6 Å². The zero-order valence-electron chi connectivity index (χ0n) is 23.9. The van der Waals surface area contributed by atoms with Crippen LogP contribution in [0.2, 0.25) is 0 Å². The molecule has 2 N–H and O–H groups in total. The topological polar surface area (TPSA) is 113 Å². The molecule has 6 rings (SSSR count). The molecule has 0 aromatic heterocycles. The zero-order valence-corrected chi connectivity index (χ0v) is 23.9. The number of ether oxygens (including phenoxy) is 5. The predicted molar refractivity (Wildman–Crippen MR) is 160 cm³/mol. The van der Waals surface area contributed by atoms with E-state index in [2.05, 4.69) is 5.32 Å². The summed E-state index contributed by atoms with van der Waals surface area (Å²) in [5, 5.41) is 12.7. The molecule has 0 bridgehead atoms. The molecule has 4 aromatic rings. The summed E-state index contributed by atoms with van der Waals surface area (Å²) in [6.45, 7) is 0.655. The predicted octanol–water partition coefficient (Wildman–Crippen LogP) is 5.12. The van der Waals surface area contributed by atoms with Gasteiger partial charge in [-0.25, -0.2) is 4.79 Å². The van der Waals surface area contributed by atoms with Gasteiger partial charge in [-0.1, -0.05) is 103 Å². The fourth-order valence-electron chi connectivity index (χ4n) is 5.46. The molecule has 2 aliphatic rings. The Hall–Kier alpha value is -4.38. The number of carbonyl (C=O) groups excluding carboxylic acids is 1. The summed E-state index contributed by atoms with van der Waals surface area (Å²) in [6.07, 6.45) is -3.58. The first-order chi connectivity index (χ1) is 21.6. The molecule has 9 heteroatoms. The van der Waals surface area contributed by atoms with E-state index >= 15 is 0 Å². The molecule has 44 heavy (non-hydrogen) atoms. The maximum Gasteiger partial charge on any atom is 0.336 e. The number of amides is 1. The number of aromatic carboxylic acids is 1. The maximum atomic E-state index is 13.7. The molecule has 2 saturated heterocycles. The van der Waals surface area contributed by atoms with Gasteiger partial charge in [-0.2, -0.15) is 0 Å². The van der Waals surface area contributed by atoms with Gasteiger partial charge in [0.1, 0.15) is 24.4 Å². The van der Waals surface area contributed by atoms with E-state index in [1.54, 1.807) is 12.1 Å². The maximum absolute atomic E-state index is 13.7. The van der Waals surface area contributed by atoms with Crippen LogP contribution in [0.5, 0.6) is 0 Å². The van der Waals surface area contributed by atoms with Gasteiger partial charge in [0.2, 0.25) is 0 Å². The lowest BCUT2D eigenvalue weighted by Gasteiger charge is -2.49. The van der Waals surface area contributed by atoms with Crippen LogP contribution in [0.3, 0.4) is 0 Å². The van der Waals surface area contributed by atoms with E-state index in [-0.39, 0.29) is 30.9 Å². The molecule has 0 aliphatic carbocycles. The number of hydrogen-bond acceptors (Lipinski definition) is 7. The van der Waals surface area contributed by atoms with Crippen molar-refractivity contribution < 1.29 is 38.4 Å². The first-order valence-corrected chi connectivity index (χ1v) is 14.5. The molecule has 4 aromatic carbocycles. The second-order valence-electron chi connectivity index (χ2n) is 10.6. The van der Waals surface area contributed by atoms with E-state index in [9.17, 15) is 14.7 Å². The van der Waals surface area contributed by atoms with Crippen molar-refractivity contribution in [3.8, 4) is 0 Å². The minimum atomic E-state index is -1.21. The number of hydrogen-bond donors (Lipinski definition) is 2. The van der Waals surface area contributed by atoms with E-state index in [0.717, 1.165) is 16.7 Å². The number of carbonyl (C=O) groups is 2. The molecule has 226 valence electrons. The van der Waals surface area contributed by atoms with Crippen LogP contribution in [0.4, 0.5) is 0 Å². The molecule has 0 unspecified atom stereocenters. The SMILES string of the molecule is O=C(O)c1ccccc1C(=O)N[C@H]1[C@H](OCc2ccccc2)O[C@@H]2CO[C@@H](c3ccccc3)O[C@H]2[C@@H]1OCc1ccccc1. The van der Waals surface area contributed by atoms with Gasteiger partial charge < -0.3 is 34.1 Å². The largest absolute Gasteiger partial charge is 0.478 e. The minimum Gasteiger partial charge on any atom is -0.478 e. The Morgan fingerprint density at radius 2 is 1.30 bits per heavy atom. The third-order valence-electron chi connectivity index (χ3n) is 7.65. The molecule has 9 nitrogen and oxygen atoms in total. The quantitative estimate of drug-likeness (QED) is 0.260. The van der Waals surface area contributed by atoms with Crippen LogP contribution in [0.15, 0.2) is 115 Å². The lowest BCUT2D eigenvalue weighted by Crippen LogP contribution is -2.67. The summed E-state index contributed by atoms with van der Waals surface area (Å²) in [5.41, 5.74) is 2.59. The lowest BCUT2D eigenvalue weighted by atomic mass is 9.94. The van der Waals surface area contributed by atoms with Crippen molar-refractivity contribution in [2.24, 2.45) is 0 Å². The Morgan fingerprint density at radius 1 is 0.727 bits per heavy atom. The van der Waals surface area contributed by atoms with Crippen LogP contribution >= 0.6 is 0 Å². The highest BCUT2D eigenvalue weighted by atomic mass is 16.7. The standard InChI is InChI=1S/C35H33NO8/c37-32(26-18-10-11-19-27(26)33(38)39)36-29-31(40-20-23-12-4-1-5-13-23)30-28(22-42-34(44-30)25-16-8-3-9-17-25)43-35(29)41-21-24-14-6-2-7-15-24/h1-19,28-31,34-35H,20-22H2,(H,36,37)(H,38,39)/t28-,29-,30-,31-,34-,35-/m1/s1. The third kappa shape index (κ3) is 6.88. The summed E-state index contributed by atoms with van der Waals surface area (Å²) >= 11 is 0. The average molecular weight is 596 g/mol. The number of benzene rings is 4. The summed E-state index contributed by atoms with van der Waals surface area (Å²) in [4.78, 5) is 25.7. The van der Waals surface area contributed by atoms with Crippen molar-refractivity contribution in [1.82, 2.24) is 5.32 Å². The highest BCUT2D eigenvalue weighted by molar-refractivity contribution is 6.04. The van der Waals surface area contributed by atoms with Crippen molar-refractivity contribution >= 4 is 11.9 Å². The van der Waals surface area contributed by atoms with Crippen LogP contribution in [0.25, 0.3) is 0 Å². The van der Waals surface area contributed by atoms with E-state index in [1.165, 1.54) is 12.1 Å². The van der Waals surface area contributed by atoms with Gasteiger partial charge in [0.25, 0.3) is 5.91 Å². The first kappa shape index (κ1) is 29.7. The second kappa shape index (κ2) is 13.9. The molecule has 6 atom stereocenters. The minimum absolute atomic E-state index is 0.0146. The van der Waals surface area contributed by atoms with Gasteiger partial charge >= 0.3 is 5.97 Å². The summed E-state index contributed by atoms with van der Waals surface area (Å²) in [6, 6.07) is 34.1. The molecular weight excluding hydrogens is 562 g/mol. The summed E-state index contributed by atoms with van der Waals surface area (Å²) < 4.78 is 31.8. The number of nitrogens with one attached hydrogen (secondary N) is 1. The van der Waals surface area contributed by atoms with Crippen LogP contribution in [0, 0.1) is 0 Å².